The molecule has 0 aliphatic heterocycles. The molecule has 0 bridgehead atoms. The van der Waals surface area contributed by atoms with E-state index < -0.39 is 0 Å². The number of benzene rings is 1. The second kappa shape index (κ2) is 5.75. The van der Waals surface area contributed by atoms with Crippen molar-refractivity contribution in [2.45, 2.75) is 45.6 Å². The van der Waals surface area contributed by atoms with Gasteiger partial charge in [-0.05, 0) is 42.9 Å². The third-order valence-corrected chi connectivity index (χ3v) is 3.99. The van der Waals surface area contributed by atoms with E-state index in [2.05, 4.69) is 40.6 Å². The van der Waals surface area contributed by atoms with Crippen LogP contribution in [0.15, 0.2) is 22.7 Å². The fourth-order valence-corrected chi connectivity index (χ4v) is 2.82. The minimum Gasteiger partial charge on any atom is -0.340 e. The minimum absolute atomic E-state index is 0.355. The maximum Gasteiger partial charge on any atom is 0.223 e. The Kier molecular flexibility index (Phi) is 3.83. The van der Waals surface area contributed by atoms with Crippen molar-refractivity contribution < 1.29 is 4.52 Å². The highest BCUT2D eigenvalue weighted by molar-refractivity contribution is 5.36. The van der Waals surface area contributed by atoms with Crippen LogP contribution in [0.4, 0.5) is 0 Å². The van der Waals surface area contributed by atoms with E-state index in [-0.39, 0.29) is 0 Å². The van der Waals surface area contributed by atoms with Crippen LogP contribution >= 0.6 is 0 Å². The van der Waals surface area contributed by atoms with Gasteiger partial charge in [-0.1, -0.05) is 23.4 Å². The highest BCUT2D eigenvalue weighted by atomic mass is 16.5. The fourth-order valence-electron chi connectivity index (χ4n) is 2.82. The number of nitrogens with zero attached hydrogens (tertiary/aromatic N) is 2. The zero-order chi connectivity index (χ0) is 13.9. The summed E-state index contributed by atoms with van der Waals surface area (Å²) < 4.78 is 4.97. The van der Waals surface area contributed by atoms with E-state index >= 15 is 0 Å². The lowest BCUT2D eigenvalue weighted by atomic mass is 10.0. The number of hydrogen-bond donors (Lipinski definition) is 1. The topological polar surface area (TPSA) is 51.0 Å². The Hall–Kier alpha value is -1.68. The van der Waals surface area contributed by atoms with Crippen LogP contribution in [-0.2, 0) is 19.3 Å². The highest BCUT2D eigenvalue weighted by Gasteiger charge is 2.13. The lowest BCUT2D eigenvalue weighted by Crippen LogP contribution is -2.21. The molecule has 0 amide bonds. The summed E-state index contributed by atoms with van der Waals surface area (Å²) in [5.74, 6) is 1.41. The van der Waals surface area contributed by atoms with E-state index in [0.717, 1.165) is 18.8 Å². The lowest BCUT2D eigenvalue weighted by molar-refractivity contribution is 0.386. The van der Waals surface area contributed by atoms with Gasteiger partial charge in [0.05, 0.1) is 0 Å². The van der Waals surface area contributed by atoms with Crippen LogP contribution in [0.1, 0.15) is 47.8 Å². The van der Waals surface area contributed by atoms with Gasteiger partial charge in [-0.2, -0.15) is 4.98 Å². The molecule has 106 valence electrons. The lowest BCUT2D eigenvalue weighted by Gasteiger charge is -2.15. The molecule has 4 heteroatoms. The summed E-state index contributed by atoms with van der Waals surface area (Å²) in [5, 5.41) is 7.43. The fraction of sp³-hybridized carbons (Fsp3) is 0.500. The van der Waals surface area contributed by atoms with Gasteiger partial charge in [0.15, 0.2) is 5.82 Å². The number of aryl methyl sites for hydroxylation is 3. The molecule has 0 fully saturated rings. The predicted octanol–water partition coefficient (Wildman–Crippen LogP) is 2.76. The Morgan fingerprint density at radius 2 is 2.15 bits per heavy atom. The van der Waals surface area contributed by atoms with Crippen LogP contribution in [0, 0.1) is 6.92 Å². The monoisotopic (exact) mass is 271 g/mol. The number of hydrogen-bond acceptors (Lipinski definition) is 4. The van der Waals surface area contributed by atoms with Gasteiger partial charge in [-0.15, -0.1) is 0 Å². The van der Waals surface area contributed by atoms with Gasteiger partial charge in [-0.25, -0.2) is 0 Å². The molecule has 1 N–H and O–H groups in total. The second-order valence-corrected chi connectivity index (χ2v) is 5.54. The summed E-state index contributed by atoms with van der Waals surface area (Å²) in [6, 6.07) is 7.26. The standard InChI is InChI=1S/C16H21N3O/c1-11(17-9-8-16-18-12(2)20-19-16)14-7-6-13-4-3-5-15(13)10-14/h6-7,10-11,17H,3-5,8-9H2,1-2H3. The third-order valence-electron chi connectivity index (χ3n) is 3.99. The Morgan fingerprint density at radius 3 is 2.95 bits per heavy atom. The predicted molar refractivity (Wildman–Crippen MR) is 77.6 cm³/mol. The molecule has 3 rings (SSSR count). The molecule has 1 aliphatic carbocycles. The molecule has 0 spiro atoms. The molecule has 1 atom stereocenters. The van der Waals surface area contributed by atoms with E-state index in [9.17, 15) is 0 Å². The molecular formula is C16H21N3O. The molecular weight excluding hydrogens is 250 g/mol. The first-order valence-corrected chi connectivity index (χ1v) is 7.36. The van der Waals surface area contributed by atoms with Gasteiger partial charge >= 0.3 is 0 Å². The Balaban J connectivity index is 1.55. The van der Waals surface area contributed by atoms with E-state index in [1.54, 1.807) is 0 Å². The smallest absolute Gasteiger partial charge is 0.223 e. The van der Waals surface area contributed by atoms with Crippen molar-refractivity contribution in [2.24, 2.45) is 0 Å². The van der Waals surface area contributed by atoms with Crippen molar-refractivity contribution in [1.29, 1.82) is 0 Å². The Morgan fingerprint density at radius 1 is 1.30 bits per heavy atom. The van der Waals surface area contributed by atoms with Crippen LogP contribution in [0.5, 0.6) is 0 Å². The Labute approximate surface area is 119 Å². The average Bonchev–Trinajstić information content (AvgIpc) is 3.06. The van der Waals surface area contributed by atoms with Crippen molar-refractivity contribution in [3.63, 3.8) is 0 Å². The van der Waals surface area contributed by atoms with E-state index in [1.165, 1.54) is 36.0 Å². The van der Waals surface area contributed by atoms with E-state index in [1.807, 2.05) is 6.92 Å². The molecule has 2 aromatic rings. The van der Waals surface area contributed by atoms with Crippen molar-refractivity contribution in [3.05, 3.63) is 46.6 Å². The summed E-state index contributed by atoms with van der Waals surface area (Å²) in [6.45, 7) is 4.88. The second-order valence-electron chi connectivity index (χ2n) is 5.54. The zero-order valence-electron chi connectivity index (χ0n) is 12.1. The van der Waals surface area contributed by atoms with Crippen LogP contribution in [0.3, 0.4) is 0 Å². The maximum atomic E-state index is 4.97. The van der Waals surface area contributed by atoms with Gasteiger partial charge < -0.3 is 9.84 Å². The van der Waals surface area contributed by atoms with Crippen molar-refractivity contribution in [1.82, 2.24) is 15.5 Å². The number of aromatic nitrogens is 2. The molecule has 0 saturated carbocycles. The number of rotatable bonds is 5. The molecule has 1 aromatic carbocycles. The number of nitrogens with one attached hydrogen (secondary N) is 1. The van der Waals surface area contributed by atoms with Gasteiger partial charge in [0.25, 0.3) is 0 Å². The first-order chi connectivity index (χ1) is 9.72. The van der Waals surface area contributed by atoms with Gasteiger partial charge in [0.2, 0.25) is 5.89 Å². The molecule has 0 saturated heterocycles. The normalized spacial score (nSPS) is 15.3. The van der Waals surface area contributed by atoms with Crippen molar-refractivity contribution in [3.8, 4) is 0 Å². The summed E-state index contributed by atoms with van der Waals surface area (Å²) in [4.78, 5) is 4.21. The molecule has 1 aromatic heterocycles. The number of fused-ring (bicyclic) bond motifs is 1. The van der Waals surface area contributed by atoms with Gasteiger partial charge in [0.1, 0.15) is 0 Å². The molecule has 4 nitrogen and oxygen atoms in total. The summed E-state index contributed by atoms with van der Waals surface area (Å²) in [6.07, 6.45) is 4.58. The molecule has 1 heterocycles. The van der Waals surface area contributed by atoms with Crippen LogP contribution < -0.4 is 5.32 Å². The quantitative estimate of drug-likeness (QED) is 0.908. The minimum atomic E-state index is 0.355. The molecule has 20 heavy (non-hydrogen) atoms. The first-order valence-electron chi connectivity index (χ1n) is 7.36. The highest BCUT2D eigenvalue weighted by Crippen LogP contribution is 2.25. The van der Waals surface area contributed by atoms with E-state index in [0.29, 0.717) is 11.9 Å². The van der Waals surface area contributed by atoms with Crippen LogP contribution in [0.2, 0.25) is 0 Å². The summed E-state index contributed by atoms with van der Waals surface area (Å²) in [5.41, 5.74) is 4.43. The van der Waals surface area contributed by atoms with Gasteiger partial charge in [-0.3, -0.25) is 0 Å². The van der Waals surface area contributed by atoms with E-state index in [4.69, 9.17) is 4.52 Å². The molecule has 1 aliphatic rings. The van der Waals surface area contributed by atoms with Crippen molar-refractivity contribution in [2.75, 3.05) is 6.54 Å². The van der Waals surface area contributed by atoms with Crippen LogP contribution in [-0.4, -0.2) is 16.7 Å². The largest absolute Gasteiger partial charge is 0.340 e. The maximum absolute atomic E-state index is 4.97. The van der Waals surface area contributed by atoms with Crippen LogP contribution in [0.25, 0.3) is 0 Å². The zero-order valence-corrected chi connectivity index (χ0v) is 12.1. The van der Waals surface area contributed by atoms with Crippen molar-refractivity contribution >= 4 is 0 Å². The SMILES string of the molecule is Cc1nc(CCNC(C)c2ccc3c(c2)CCC3)no1. The molecule has 0 radical (unpaired) electrons. The third kappa shape index (κ3) is 2.90. The first kappa shape index (κ1) is 13.3. The van der Waals surface area contributed by atoms with Gasteiger partial charge in [0, 0.05) is 25.9 Å². The average molecular weight is 271 g/mol. The summed E-state index contributed by atoms with van der Waals surface area (Å²) in [7, 11) is 0. The summed E-state index contributed by atoms with van der Waals surface area (Å²) >= 11 is 0. The molecule has 1 unspecified atom stereocenters. The Bertz CT molecular complexity index is 591.